The van der Waals surface area contributed by atoms with Crippen molar-refractivity contribution >= 4 is 17.3 Å². The van der Waals surface area contributed by atoms with E-state index in [-0.39, 0.29) is 11.4 Å². The molecule has 29 heavy (non-hydrogen) atoms. The molecule has 1 aromatic carbocycles. The van der Waals surface area contributed by atoms with Gasteiger partial charge in [-0.3, -0.25) is 0 Å². The van der Waals surface area contributed by atoms with E-state index in [0.717, 1.165) is 37.7 Å². The monoisotopic (exact) mass is 416 g/mol. The molecule has 1 N–H and O–H groups in total. The van der Waals surface area contributed by atoms with Crippen LogP contribution in [0.3, 0.4) is 0 Å². The second-order valence-corrected chi connectivity index (χ2v) is 9.45. The molecule has 0 aliphatic carbocycles. The second-order valence-electron chi connectivity index (χ2n) is 8.40. The van der Waals surface area contributed by atoms with E-state index < -0.39 is 5.60 Å². The van der Waals surface area contributed by atoms with E-state index in [1.54, 1.807) is 11.3 Å². The van der Waals surface area contributed by atoms with E-state index in [1.807, 2.05) is 20.8 Å². The molecule has 0 bridgehead atoms. The predicted molar refractivity (Wildman–Crippen MR) is 122 cm³/mol. The average molecular weight is 417 g/mol. The summed E-state index contributed by atoms with van der Waals surface area (Å²) in [5.74, 6) is -0.255. The van der Waals surface area contributed by atoms with Crippen LogP contribution in [0.4, 0.5) is 0 Å². The molecule has 3 nitrogen and oxygen atoms in total. The first-order valence-corrected chi connectivity index (χ1v) is 11.5. The molecule has 0 saturated heterocycles. The minimum Gasteiger partial charge on any atom is -0.465 e. The SMILES string of the molecule is CCC(C)(O)CCc1ccc(C(CC)(CC)c2cc(C)c(C(=O)OC)s2)cc1C. The second kappa shape index (κ2) is 9.44. The van der Waals surface area contributed by atoms with Gasteiger partial charge in [0.05, 0.1) is 12.7 Å². The predicted octanol–water partition coefficient (Wildman–Crippen LogP) is 6.35. The maximum atomic E-state index is 12.1. The maximum absolute atomic E-state index is 12.1. The van der Waals surface area contributed by atoms with Gasteiger partial charge in [-0.1, -0.05) is 39.0 Å². The Hall–Kier alpha value is -1.65. The number of rotatable bonds is 9. The number of carbonyl (C=O) groups excluding carboxylic acids is 1. The Morgan fingerprint density at radius 2 is 1.72 bits per heavy atom. The Balaban J connectivity index is 2.43. The summed E-state index contributed by atoms with van der Waals surface area (Å²) in [7, 11) is 1.44. The van der Waals surface area contributed by atoms with E-state index in [0.29, 0.717) is 4.88 Å². The third-order valence-corrected chi connectivity index (χ3v) is 7.98. The van der Waals surface area contributed by atoms with Gasteiger partial charge in [0.2, 0.25) is 0 Å². The van der Waals surface area contributed by atoms with Crippen LogP contribution in [0.2, 0.25) is 0 Å². The van der Waals surface area contributed by atoms with Gasteiger partial charge in [-0.25, -0.2) is 4.79 Å². The molecule has 0 aliphatic rings. The van der Waals surface area contributed by atoms with Crippen LogP contribution in [0, 0.1) is 13.8 Å². The Labute approximate surface area is 180 Å². The van der Waals surface area contributed by atoms with E-state index >= 15 is 0 Å². The summed E-state index contributed by atoms with van der Waals surface area (Å²) in [4.78, 5) is 14.1. The summed E-state index contributed by atoms with van der Waals surface area (Å²) in [5.41, 5.74) is 4.12. The standard InChI is InChI=1S/C25H36O3S/c1-8-24(6,27)14-13-19-11-12-20(15-17(19)4)25(9-2,10-3)21-16-18(5)22(29-21)23(26)28-7/h11-12,15-16,27H,8-10,13-14H2,1-7H3. The number of esters is 1. The fourth-order valence-electron chi connectivity index (χ4n) is 4.02. The quantitative estimate of drug-likeness (QED) is 0.484. The lowest BCUT2D eigenvalue weighted by Crippen LogP contribution is -2.25. The molecule has 4 heteroatoms. The summed E-state index contributed by atoms with van der Waals surface area (Å²) < 4.78 is 4.97. The van der Waals surface area contributed by atoms with Crippen molar-refractivity contribution in [1.82, 2.24) is 0 Å². The van der Waals surface area contributed by atoms with Crippen LogP contribution in [0.15, 0.2) is 24.3 Å². The number of aliphatic hydroxyl groups is 1. The number of benzene rings is 1. The molecule has 2 rings (SSSR count). The number of thiophene rings is 1. The highest BCUT2D eigenvalue weighted by molar-refractivity contribution is 7.14. The van der Waals surface area contributed by atoms with Gasteiger partial charge in [-0.05, 0) is 81.2 Å². The summed E-state index contributed by atoms with van der Waals surface area (Å²) in [6.45, 7) is 12.5. The lowest BCUT2D eigenvalue weighted by molar-refractivity contribution is 0.0472. The zero-order valence-corrected chi connectivity index (χ0v) is 19.8. The summed E-state index contributed by atoms with van der Waals surface area (Å²) >= 11 is 1.56. The average Bonchev–Trinajstić information content (AvgIpc) is 3.10. The zero-order chi connectivity index (χ0) is 21.8. The first-order chi connectivity index (χ1) is 13.6. The van der Waals surface area contributed by atoms with Crippen LogP contribution in [-0.2, 0) is 16.6 Å². The molecule has 0 amide bonds. The molecule has 0 fully saturated rings. The van der Waals surface area contributed by atoms with Crippen LogP contribution in [-0.4, -0.2) is 23.8 Å². The lowest BCUT2D eigenvalue weighted by Gasteiger charge is -2.32. The van der Waals surface area contributed by atoms with Crippen molar-refractivity contribution in [2.75, 3.05) is 7.11 Å². The number of hydrogen-bond acceptors (Lipinski definition) is 4. The highest BCUT2D eigenvalue weighted by atomic mass is 32.1. The fourth-order valence-corrected chi connectivity index (χ4v) is 5.46. The highest BCUT2D eigenvalue weighted by Crippen LogP contribution is 2.44. The topological polar surface area (TPSA) is 46.5 Å². The summed E-state index contributed by atoms with van der Waals surface area (Å²) in [6.07, 6.45) is 4.34. The van der Waals surface area contributed by atoms with Crippen LogP contribution in [0.1, 0.15) is 90.2 Å². The first-order valence-electron chi connectivity index (χ1n) is 10.7. The van der Waals surface area contributed by atoms with Crippen molar-refractivity contribution in [3.8, 4) is 0 Å². The molecule has 0 saturated carbocycles. The third-order valence-electron chi connectivity index (χ3n) is 6.56. The molecule has 0 radical (unpaired) electrons. The number of aryl methyl sites for hydroxylation is 3. The van der Waals surface area contributed by atoms with Crippen LogP contribution in [0.25, 0.3) is 0 Å². The Bertz CT molecular complexity index is 844. The van der Waals surface area contributed by atoms with E-state index in [2.05, 4.69) is 45.0 Å². The van der Waals surface area contributed by atoms with Crippen molar-refractivity contribution in [2.24, 2.45) is 0 Å². The molecule has 1 aromatic heterocycles. The van der Waals surface area contributed by atoms with Crippen LogP contribution >= 0.6 is 11.3 Å². The normalized spacial score (nSPS) is 13.9. The van der Waals surface area contributed by atoms with Gasteiger partial charge in [-0.15, -0.1) is 11.3 Å². The van der Waals surface area contributed by atoms with Gasteiger partial charge in [0.25, 0.3) is 0 Å². The van der Waals surface area contributed by atoms with E-state index in [9.17, 15) is 9.90 Å². The van der Waals surface area contributed by atoms with Crippen molar-refractivity contribution in [2.45, 2.75) is 84.7 Å². The van der Waals surface area contributed by atoms with Crippen molar-refractivity contribution < 1.29 is 14.6 Å². The number of ether oxygens (including phenoxy) is 1. The van der Waals surface area contributed by atoms with Crippen molar-refractivity contribution in [1.29, 1.82) is 0 Å². The maximum Gasteiger partial charge on any atom is 0.348 e. The summed E-state index contributed by atoms with van der Waals surface area (Å²) in [6, 6.07) is 8.92. The Morgan fingerprint density at radius 1 is 1.07 bits per heavy atom. The van der Waals surface area contributed by atoms with Gasteiger partial charge >= 0.3 is 5.97 Å². The Morgan fingerprint density at radius 3 is 2.24 bits per heavy atom. The largest absolute Gasteiger partial charge is 0.465 e. The van der Waals surface area contributed by atoms with Gasteiger partial charge < -0.3 is 9.84 Å². The van der Waals surface area contributed by atoms with Gasteiger partial charge in [0, 0.05) is 10.3 Å². The molecular formula is C25H36O3S. The molecule has 1 atom stereocenters. The molecular weight excluding hydrogens is 380 g/mol. The van der Waals surface area contributed by atoms with Gasteiger partial charge in [-0.2, -0.15) is 0 Å². The van der Waals surface area contributed by atoms with Crippen molar-refractivity contribution in [3.05, 3.63) is 56.3 Å². The number of carbonyl (C=O) groups is 1. The van der Waals surface area contributed by atoms with Gasteiger partial charge in [0.1, 0.15) is 4.88 Å². The third kappa shape index (κ3) is 4.92. The highest BCUT2D eigenvalue weighted by Gasteiger charge is 2.34. The molecule has 1 unspecified atom stereocenters. The molecule has 0 aliphatic heterocycles. The minimum atomic E-state index is -0.611. The fraction of sp³-hybridized carbons (Fsp3) is 0.560. The molecule has 0 spiro atoms. The molecule has 2 aromatic rings. The van der Waals surface area contributed by atoms with Crippen LogP contribution < -0.4 is 0 Å². The van der Waals surface area contributed by atoms with Crippen LogP contribution in [0.5, 0.6) is 0 Å². The molecule has 1 heterocycles. The Kier molecular flexibility index (Phi) is 7.69. The number of hydrogen-bond donors (Lipinski definition) is 1. The van der Waals surface area contributed by atoms with E-state index in [1.165, 1.54) is 28.7 Å². The lowest BCUT2D eigenvalue weighted by atomic mass is 9.73. The first kappa shape index (κ1) is 23.6. The van der Waals surface area contributed by atoms with Crippen molar-refractivity contribution in [3.63, 3.8) is 0 Å². The van der Waals surface area contributed by atoms with E-state index in [4.69, 9.17) is 4.74 Å². The zero-order valence-electron chi connectivity index (χ0n) is 19.0. The summed E-state index contributed by atoms with van der Waals surface area (Å²) in [5, 5.41) is 10.3. The minimum absolute atomic E-state index is 0.111. The molecule has 160 valence electrons. The number of methoxy groups -OCH3 is 1. The van der Waals surface area contributed by atoms with Gasteiger partial charge in [0.15, 0.2) is 0 Å². The smallest absolute Gasteiger partial charge is 0.348 e.